The van der Waals surface area contributed by atoms with Crippen LogP contribution in [-0.2, 0) is 9.59 Å². The molecule has 0 atom stereocenters. The van der Waals surface area contributed by atoms with Gasteiger partial charge in [0.2, 0.25) is 11.8 Å². The average molecular weight is 297 g/mol. The number of aliphatic hydroxyl groups is 1. The molecule has 1 heterocycles. The number of hydrogen-bond acceptors (Lipinski definition) is 4. The first kappa shape index (κ1) is 16.2. The molecule has 120 valence electrons. The van der Waals surface area contributed by atoms with Gasteiger partial charge in [0.1, 0.15) is 0 Å². The van der Waals surface area contributed by atoms with E-state index in [2.05, 4.69) is 10.6 Å². The van der Waals surface area contributed by atoms with Crippen LogP contribution in [0, 0.1) is 5.92 Å². The number of carbonyl (C=O) groups excluding carboxylic acids is 2. The molecule has 0 radical (unpaired) electrons. The van der Waals surface area contributed by atoms with Crippen LogP contribution >= 0.6 is 0 Å². The predicted octanol–water partition coefficient (Wildman–Crippen LogP) is -0.134. The van der Waals surface area contributed by atoms with Gasteiger partial charge in [0.25, 0.3) is 0 Å². The van der Waals surface area contributed by atoms with E-state index in [1.807, 2.05) is 4.90 Å². The fourth-order valence-corrected chi connectivity index (χ4v) is 2.65. The van der Waals surface area contributed by atoms with E-state index in [-0.39, 0.29) is 24.3 Å². The Bertz CT molecular complexity index is 350. The number of nitrogens with one attached hydrogen (secondary N) is 2. The van der Waals surface area contributed by atoms with Crippen molar-refractivity contribution in [1.82, 2.24) is 15.5 Å². The van der Waals surface area contributed by atoms with Crippen LogP contribution in [0.15, 0.2) is 0 Å². The van der Waals surface area contributed by atoms with Crippen molar-refractivity contribution >= 4 is 11.8 Å². The van der Waals surface area contributed by atoms with E-state index >= 15 is 0 Å². The van der Waals surface area contributed by atoms with Gasteiger partial charge in [0, 0.05) is 51.2 Å². The summed E-state index contributed by atoms with van der Waals surface area (Å²) in [5.74, 6) is 0.269. The molecular formula is C15H27N3O3. The summed E-state index contributed by atoms with van der Waals surface area (Å²) in [5.41, 5.74) is 0. The van der Waals surface area contributed by atoms with Gasteiger partial charge >= 0.3 is 0 Å². The number of aliphatic hydroxyl groups excluding tert-OH is 1. The summed E-state index contributed by atoms with van der Waals surface area (Å²) in [5, 5.41) is 14.9. The summed E-state index contributed by atoms with van der Waals surface area (Å²) in [6.45, 7) is 2.76. The number of carbonyl (C=O) groups is 2. The summed E-state index contributed by atoms with van der Waals surface area (Å²) >= 11 is 0. The first-order valence-electron chi connectivity index (χ1n) is 8.10. The molecule has 0 bridgehead atoms. The molecule has 2 rings (SSSR count). The van der Waals surface area contributed by atoms with E-state index in [4.69, 9.17) is 5.11 Å². The molecule has 1 saturated carbocycles. The van der Waals surface area contributed by atoms with Gasteiger partial charge < -0.3 is 20.6 Å². The Balaban J connectivity index is 1.60. The van der Waals surface area contributed by atoms with E-state index in [0.29, 0.717) is 38.5 Å². The smallest absolute Gasteiger partial charge is 0.223 e. The molecule has 6 heteroatoms. The molecule has 21 heavy (non-hydrogen) atoms. The van der Waals surface area contributed by atoms with Crippen molar-refractivity contribution in [3.05, 3.63) is 0 Å². The lowest BCUT2D eigenvalue weighted by Crippen LogP contribution is -2.43. The maximum absolute atomic E-state index is 12.0. The standard InChI is InChI=1S/C15H27N3O3/c19-11-1-7-17-15(21)12-5-9-18(10-6-12)14(20)4-8-16-13-2-3-13/h12-13,16,19H,1-11H2,(H,17,21). The first-order valence-corrected chi connectivity index (χ1v) is 8.10. The molecule has 1 saturated heterocycles. The minimum atomic E-state index is 0.0114. The summed E-state index contributed by atoms with van der Waals surface area (Å²) < 4.78 is 0. The second kappa shape index (κ2) is 8.34. The third kappa shape index (κ3) is 5.63. The minimum Gasteiger partial charge on any atom is -0.396 e. The van der Waals surface area contributed by atoms with Crippen LogP contribution in [-0.4, -0.2) is 60.6 Å². The number of piperidine rings is 1. The van der Waals surface area contributed by atoms with Crippen LogP contribution in [0.3, 0.4) is 0 Å². The lowest BCUT2D eigenvalue weighted by atomic mass is 9.95. The highest BCUT2D eigenvalue weighted by Gasteiger charge is 2.27. The molecule has 3 N–H and O–H groups in total. The lowest BCUT2D eigenvalue weighted by Gasteiger charge is -2.31. The number of nitrogens with zero attached hydrogens (tertiary/aromatic N) is 1. The van der Waals surface area contributed by atoms with Crippen LogP contribution in [0.1, 0.15) is 38.5 Å². The van der Waals surface area contributed by atoms with Gasteiger partial charge in [0.15, 0.2) is 0 Å². The second-order valence-corrected chi connectivity index (χ2v) is 6.00. The number of rotatable bonds is 8. The Morgan fingerprint density at radius 2 is 1.81 bits per heavy atom. The third-order valence-corrected chi connectivity index (χ3v) is 4.20. The molecule has 6 nitrogen and oxygen atoms in total. The SMILES string of the molecule is O=C(NCCCO)C1CCN(C(=O)CCNC2CC2)CC1. The first-order chi connectivity index (χ1) is 10.2. The summed E-state index contributed by atoms with van der Waals surface area (Å²) in [6, 6.07) is 0.645. The maximum Gasteiger partial charge on any atom is 0.223 e. The maximum atomic E-state index is 12.0. The Morgan fingerprint density at radius 1 is 1.10 bits per heavy atom. The molecule has 0 aromatic rings. The van der Waals surface area contributed by atoms with E-state index < -0.39 is 0 Å². The largest absolute Gasteiger partial charge is 0.396 e. The van der Waals surface area contributed by atoms with Crippen molar-refractivity contribution in [3.8, 4) is 0 Å². The summed E-state index contributed by atoms with van der Waals surface area (Å²) in [4.78, 5) is 25.8. The van der Waals surface area contributed by atoms with Gasteiger partial charge in [-0.2, -0.15) is 0 Å². The molecule has 0 aromatic heterocycles. The van der Waals surface area contributed by atoms with Crippen LogP contribution in [0.4, 0.5) is 0 Å². The molecule has 2 amide bonds. The second-order valence-electron chi connectivity index (χ2n) is 6.00. The normalized spacial score (nSPS) is 19.6. The van der Waals surface area contributed by atoms with Gasteiger partial charge in [-0.05, 0) is 32.1 Å². The van der Waals surface area contributed by atoms with Crippen molar-refractivity contribution < 1.29 is 14.7 Å². The number of amides is 2. The molecule has 1 aliphatic heterocycles. The Kier molecular flexibility index (Phi) is 6.45. The van der Waals surface area contributed by atoms with Crippen molar-refractivity contribution in [3.63, 3.8) is 0 Å². The van der Waals surface area contributed by atoms with E-state index in [9.17, 15) is 9.59 Å². The van der Waals surface area contributed by atoms with Crippen molar-refractivity contribution in [1.29, 1.82) is 0 Å². The topological polar surface area (TPSA) is 81.7 Å². The highest BCUT2D eigenvalue weighted by atomic mass is 16.3. The fourth-order valence-electron chi connectivity index (χ4n) is 2.65. The van der Waals surface area contributed by atoms with Crippen LogP contribution in [0.25, 0.3) is 0 Å². The molecule has 0 aromatic carbocycles. The van der Waals surface area contributed by atoms with Crippen LogP contribution in [0.5, 0.6) is 0 Å². The molecule has 1 aliphatic carbocycles. The average Bonchev–Trinajstić information content (AvgIpc) is 3.31. The van der Waals surface area contributed by atoms with Crippen molar-refractivity contribution in [2.24, 2.45) is 5.92 Å². The van der Waals surface area contributed by atoms with Crippen molar-refractivity contribution in [2.45, 2.75) is 44.6 Å². The highest BCUT2D eigenvalue weighted by Crippen LogP contribution is 2.19. The summed E-state index contributed by atoms with van der Waals surface area (Å²) in [6.07, 6.45) is 5.12. The monoisotopic (exact) mass is 297 g/mol. The zero-order chi connectivity index (χ0) is 15.1. The van der Waals surface area contributed by atoms with Gasteiger partial charge in [0.05, 0.1) is 0 Å². The zero-order valence-electron chi connectivity index (χ0n) is 12.6. The quantitative estimate of drug-likeness (QED) is 0.545. The van der Waals surface area contributed by atoms with E-state index in [0.717, 1.165) is 19.4 Å². The highest BCUT2D eigenvalue weighted by molar-refractivity contribution is 5.80. The molecule has 0 unspecified atom stereocenters. The van der Waals surface area contributed by atoms with Crippen molar-refractivity contribution in [2.75, 3.05) is 32.8 Å². The van der Waals surface area contributed by atoms with Gasteiger partial charge in [-0.3, -0.25) is 9.59 Å². The molecular weight excluding hydrogens is 270 g/mol. The fraction of sp³-hybridized carbons (Fsp3) is 0.867. The number of likely N-dealkylation sites (tertiary alicyclic amines) is 1. The Hall–Kier alpha value is -1.14. The van der Waals surface area contributed by atoms with E-state index in [1.54, 1.807) is 0 Å². The minimum absolute atomic E-state index is 0.0114. The molecule has 2 aliphatic rings. The van der Waals surface area contributed by atoms with E-state index in [1.165, 1.54) is 12.8 Å². The Morgan fingerprint density at radius 3 is 2.43 bits per heavy atom. The van der Waals surface area contributed by atoms with Crippen LogP contribution in [0.2, 0.25) is 0 Å². The molecule has 0 spiro atoms. The van der Waals surface area contributed by atoms with Gasteiger partial charge in [-0.25, -0.2) is 0 Å². The lowest BCUT2D eigenvalue weighted by molar-refractivity contribution is -0.135. The Labute approximate surface area is 126 Å². The molecule has 2 fully saturated rings. The van der Waals surface area contributed by atoms with Gasteiger partial charge in [-0.1, -0.05) is 0 Å². The van der Waals surface area contributed by atoms with Crippen LogP contribution < -0.4 is 10.6 Å². The third-order valence-electron chi connectivity index (χ3n) is 4.20. The summed E-state index contributed by atoms with van der Waals surface area (Å²) in [7, 11) is 0. The predicted molar refractivity (Wildman–Crippen MR) is 79.7 cm³/mol. The number of hydrogen-bond donors (Lipinski definition) is 3. The van der Waals surface area contributed by atoms with Gasteiger partial charge in [-0.15, -0.1) is 0 Å². The zero-order valence-corrected chi connectivity index (χ0v) is 12.6.